The fourth-order valence-corrected chi connectivity index (χ4v) is 6.16. The average Bonchev–Trinajstić information content (AvgIpc) is 3.40. The van der Waals surface area contributed by atoms with Gasteiger partial charge in [-0.1, -0.05) is 93.3 Å². The van der Waals surface area contributed by atoms with E-state index in [1.165, 1.54) is 94.2 Å². The summed E-state index contributed by atoms with van der Waals surface area (Å²) in [7, 11) is 0. The molecular formula is C32H36. The van der Waals surface area contributed by atoms with Gasteiger partial charge in [0.05, 0.1) is 0 Å². The summed E-state index contributed by atoms with van der Waals surface area (Å²) in [5, 5.41) is 0. The summed E-state index contributed by atoms with van der Waals surface area (Å²) in [6.07, 6.45) is 18.8. The first kappa shape index (κ1) is 21.3. The van der Waals surface area contributed by atoms with Crippen LogP contribution < -0.4 is 0 Å². The third-order valence-electron chi connectivity index (χ3n) is 7.79. The first-order chi connectivity index (χ1) is 15.6. The molecule has 2 aromatic carbocycles. The second kappa shape index (κ2) is 9.10. The van der Waals surface area contributed by atoms with Gasteiger partial charge in [-0.05, 0) is 101 Å². The molecule has 0 N–H and O–H groups in total. The lowest BCUT2D eigenvalue weighted by molar-refractivity contribution is 0.356. The van der Waals surface area contributed by atoms with Crippen LogP contribution in [-0.2, 0) is 12.8 Å². The summed E-state index contributed by atoms with van der Waals surface area (Å²) < 4.78 is 0. The van der Waals surface area contributed by atoms with E-state index in [-0.39, 0.29) is 0 Å². The SMILES string of the molecule is C=C(CC1=CCC=C1C1=Cc2cc(CC3CCCCC3)ccc2C1)c1c(C)cccc1C. The minimum atomic E-state index is 0.898. The Morgan fingerprint density at radius 3 is 2.53 bits per heavy atom. The van der Waals surface area contributed by atoms with Crippen molar-refractivity contribution < 1.29 is 0 Å². The van der Waals surface area contributed by atoms with Crippen LogP contribution in [0.5, 0.6) is 0 Å². The van der Waals surface area contributed by atoms with Gasteiger partial charge in [0.15, 0.2) is 0 Å². The van der Waals surface area contributed by atoms with E-state index in [2.05, 4.69) is 75.1 Å². The number of allylic oxidation sites excluding steroid dienone is 6. The topological polar surface area (TPSA) is 0 Å². The smallest absolute Gasteiger partial charge is 0.00137 e. The number of fused-ring (bicyclic) bond motifs is 1. The highest BCUT2D eigenvalue weighted by atomic mass is 14.3. The number of hydrogen-bond acceptors (Lipinski definition) is 0. The highest BCUT2D eigenvalue weighted by molar-refractivity contribution is 5.76. The van der Waals surface area contributed by atoms with Gasteiger partial charge in [-0.2, -0.15) is 0 Å². The molecule has 0 spiro atoms. The van der Waals surface area contributed by atoms with Crippen molar-refractivity contribution in [2.24, 2.45) is 5.92 Å². The summed E-state index contributed by atoms with van der Waals surface area (Å²) in [6, 6.07) is 13.8. The monoisotopic (exact) mass is 420 g/mol. The zero-order valence-corrected chi connectivity index (χ0v) is 19.8. The highest BCUT2D eigenvalue weighted by Crippen LogP contribution is 2.40. The van der Waals surface area contributed by atoms with Crippen LogP contribution in [0.1, 0.15) is 78.3 Å². The molecule has 32 heavy (non-hydrogen) atoms. The molecule has 0 heteroatoms. The predicted octanol–water partition coefficient (Wildman–Crippen LogP) is 8.73. The summed E-state index contributed by atoms with van der Waals surface area (Å²) in [6.45, 7) is 8.90. The van der Waals surface area contributed by atoms with Gasteiger partial charge in [-0.25, -0.2) is 0 Å². The normalized spacial score (nSPS) is 18.2. The molecule has 0 atom stereocenters. The van der Waals surface area contributed by atoms with Crippen LogP contribution in [0.4, 0.5) is 0 Å². The van der Waals surface area contributed by atoms with Crippen LogP contribution in [0.25, 0.3) is 11.6 Å². The van der Waals surface area contributed by atoms with Gasteiger partial charge in [-0.3, -0.25) is 0 Å². The Hall–Kier alpha value is -2.60. The lowest BCUT2D eigenvalue weighted by atomic mass is 9.84. The molecule has 0 unspecified atom stereocenters. The molecule has 0 aromatic heterocycles. The van der Waals surface area contributed by atoms with Crippen LogP contribution in [-0.4, -0.2) is 0 Å². The number of benzene rings is 2. The van der Waals surface area contributed by atoms with Crippen LogP contribution in [0, 0.1) is 19.8 Å². The van der Waals surface area contributed by atoms with E-state index in [9.17, 15) is 0 Å². The first-order valence-corrected chi connectivity index (χ1v) is 12.5. The largest absolute Gasteiger partial charge is 0.0949 e. The molecule has 1 saturated carbocycles. The maximum absolute atomic E-state index is 4.49. The highest BCUT2D eigenvalue weighted by Gasteiger charge is 2.22. The predicted molar refractivity (Wildman–Crippen MR) is 139 cm³/mol. The van der Waals surface area contributed by atoms with Crippen LogP contribution >= 0.6 is 0 Å². The third-order valence-corrected chi connectivity index (χ3v) is 7.79. The molecule has 0 aliphatic heterocycles. The van der Waals surface area contributed by atoms with Gasteiger partial charge < -0.3 is 0 Å². The molecule has 0 amide bonds. The van der Waals surface area contributed by atoms with Crippen molar-refractivity contribution in [3.8, 4) is 0 Å². The third kappa shape index (κ3) is 4.33. The average molecular weight is 421 g/mol. The van der Waals surface area contributed by atoms with Crippen LogP contribution in [0.3, 0.4) is 0 Å². The van der Waals surface area contributed by atoms with E-state index in [0.717, 1.165) is 25.2 Å². The zero-order valence-electron chi connectivity index (χ0n) is 19.8. The fourth-order valence-electron chi connectivity index (χ4n) is 6.16. The summed E-state index contributed by atoms with van der Waals surface area (Å²) >= 11 is 0. The summed E-state index contributed by atoms with van der Waals surface area (Å²) in [5.41, 5.74) is 14.1. The van der Waals surface area contributed by atoms with Crippen molar-refractivity contribution >= 4 is 11.6 Å². The molecule has 0 saturated heterocycles. The number of aryl methyl sites for hydroxylation is 2. The summed E-state index contributed by atoms with van der Waals surface area (Å²) in [4.78, 5) is 0. The van der Waals surface area contributed by atoms with Gasteiger partial charge in [-0.15, -0.1) is 0 Å². The molecule has 5 rings (SSSR count). The van der Waals surface area contributed by atoms with Crippen molar-refractivity contribution in [1.29, 1.82) is 0 Å². The lowest BCUT2D eigenvalue weighted by Gasteiger charge is -2.21. The minimum Gasteiger partial charge on any atom is -0.0949 e. The standard InChI is InChI=1S/C32H36/c1-22-9-7-10-23(2)32(22)24(3)17-28-13-8-14-31(28)30-20-27-16-15-26(19-29(27)21-30)18-25-11-5-4-6-12-25/h7,9-10,13-16,19,21,25H,3-6,8,11-12,17-18,20H2,1-2H3. The maximum atomic E-state index is 4.49. The van der Waals surface area contributed by atoms with Crippen molar-refractivity contribution in [3.05, 3.63) is 105 Å². The molecule has 0 radical (unpaired) electrons. The van der Waals surface area contributed by atoms with Crippen molar-refractivity contribution in [3.63, 3.8) is 0 Å². The fraction of sp³-hybridized carbons (Fsp3) is 0.375. The number of hydrogen-bond donors (Lipinski definition) is 0. The molecule has 164 valence electrons. The van der Waals surface area contributed by atoms with E-state index < -0.39 is 0 Å². The van der Waals surface area contributed by atoms with Crippen LogP contribution in [0.2, 0.25) is 0 Å². The second-order valence-corrected chi connectivity index (χ2v) is 10.2. The quantitative estimate of drug-likeness (QED) is 0.438. The maximum Gasteiger partial charge on any atom is -0.00137 e. The molecular weight excluding hydrogens is 384 g/mol. The Balaban J connectivity index is 1.31. The molecule has 2 aromatic rings. The van der Waals surface area contributed by atoms with Crippen molar-refractivity contribution in [2.45, 2.75) is 71.6 Å². The molecule has 0 heterocycles. The molecule has 3 aliphatic rings. The van der Waals surface area contributed by atoms with E-state index in [4.69, 9.17) is 0 Å². The second-order valence-electron chi connectivity index (χ2n) is 10.2. The van der Waals surface area contributed by atoms with E-state index in [0.29, 0.717) is 0 Å². The molecule has 1 fully saturated rings. The van der Waals surface area contributed by atoms with Crippen LogP contribution in [0.15, 0.2) is 71.8 Å². The molecule has 0 bridgehead atoms. The van der Waals surface area contributed by atoms with E-state index in [1.54, 1.807) is 0 Å². The Kier molecular flexibility index (Phi) is 6.05. The Labute approximate surface area is 194 Å². The van der Waals surface area contributed by atoms with E-state index in [1.807, 2.05) is 0 Å². The van der Waals surface area contributed by atoms with E-state index >= 15 is 0 Å². The Morgan fingerprint density at radius 2 is 1.75 bits per heavy atom. The van der Waals surface area contributed by atoms with Crippen molar-refractivity contribution in [1.82, 2.24) is 0 Å². The summed E-state index contributed by atoms with van der Waals surface area (Å²) in [5.74, 6) is 0.898. The Morgan fingerprint density at radius 1 is 0.969 bits per heavy atom. The molecule has 3 aliphatic carbocycles. The van der Waals surface area contributed by atoms with Gasteiger partial charge in [0, 0.05) is 0 Å². The Bertz CT molecular complexity index is 1110. The number of rotatable bonds is 6. The minimum absolute atomic E-state index is 0.898. The molecule has 0 nitrogen and oxygen atoms in total. The zero-order chi connectivity index (χ0) is 22.1. The van der Waals surface area contributed by atoms with Gasteiger partial charge >= 0.3 is 0 Å². The van der Waals surface area contributed by atoms with Gasteiger partial charge in [0.1, 0.15) is 0 Å². The van der Waals surface area contributed by atoms with Crippen molar-refractivity contribution in [2.75, 3.05) is 0 Å². The lowest BCUT2D eigenvalue weighted by Crippen LogP contribution is -2.09. The van der Waals surface area contributed by atoms with Gasteiger partial charge in [0.2, 0.25) is 0 Å². The van der Waals surface area contributed by atoms with Gasteiger partial charge in [0.25, 0.3) is 0 Å². The first-order valence-electron chi connectivity index (χ1n) is 12.5.